The molecule has 0 aromatic rings. The number of hydrogen-bond acceptors (Lipinski definition) is 4. The molecule has 1 aliphatic rings. The van der Waals surface area contributed by atoms with Crippen LogP contribution in [0.5, 0.6) is 0 Å². The first-order valence-electron chi connectivity index (χ1n) is 5.80. The Balaban J connectivity index is 3.13. The summed E-state index contributed by atoms with van der Waals surface area (Å²) < 4.78 is 46.3. The average Bonchev–Trinajstić information content (AvgIpc) is 2.17. The van der Waals surface area contributed by atoms with Gasteiger partial charge < -0.3 is 0 Å². The molecule has 0 saturated heterocycles. The minimum atomic E-state index is -3.31. The molecule has 0 bridgehead atoms. The molecule has 3 atom stereocenters. The van der Waals surface area contributed by atoms with Crippen molar-refractivity contribution in [2.24, 2.45) is 11.8 Å². The predicted octanol–water partition coefficient (Wildman–Crippen LogP) is 1.56. The molecule has 1 fully saturated rings. The van der Waals surface area contributed by atoms with Gasteiger partial charge in [-0.15, -0.1) is 0 Å². The summed E-state index contributed by atoms with van der Waals surface area (Å²) in [6, 6.07) is 0. The second-order valence-electron chi connectivity index (χ2n) is 5.00. The normalized spacial score (nSPS) is 30.4. The fourth-order valence-corrected chi connectivity index (χ4v) is 4.60. The Bertz CT molecular complexity index is 567. The molecule has 3 unspecified atom stereocenters. The zero-order valence-corrected chi connectivity index (χ0v) is 12.8. The van der Waals surface area contributed by atoms with Gasteiger partial charge in [-0.3, -0.25) is 0 Å². The van der Waals surface area contributed by atoms with Gasteiger partial charge in [0.2, 0.25) is 0 Å². The maximum Gasteiger partial charge on any atom is 0.175 e. The maximum absolute atomic E-state index is 11.6. The smallest absolute Gasteiger partial charge is 0.175 e. The van der Waals surface area contributed by atoms with E-state index in [2.05, 4.69) is 0 Å². The van der Waals surface area contributed by atoms with E-state index >= 15 is 0 Å². The Kier molecular flexibility index (Phi) is 4.43. The molecule has 0 spiro atoms. The second kappa shape index (κ2) is 5.17. The first kappa shape index (κ1) is 15.4. The molecule has 0 aromatic carbocycles. The van der Waals surface area contributed by atoms with Crippen molar-refractivity contribution in [3.05, 3.63) is 23.1 Å². The van der Waals surface area contributed by atoms with Gasteiger partial charge in [-0.2, -0.15) is 0 Å². The van der Waals surface area contributed by atoms with Crippen LogP contribution in [-0.2, 0) is 19.7 Å². The number of sulfone groups is 2. The lowest BCUT2D eigenvalue weighted by molar-refractivity contribution is 0.254. The van der Waals surface area contributed by atoms with Gasteiger partial charge in [-0.1, -0.05) is 19.1 Å². The molecule has 6 heteroatoms. The SMILES string of the molecule is C/C=C\C(=C/C1C(C)CC1S(C)(=O)=O)S(C)(=O)=O. The molecule has 4 nitrogen and oxygen atoms in total. The lowest BCUT2D eigenvalue weighted by Crippen LogP contribution is -2.44. The van der Waals surface area contributed by atoms with Gasteiger partial charge >= 0.3 is 0 Å². The van der Waals surface area contributed by atoms with Gasteiger partial charge in [0.15, 0.2) is 19.7 Å². The van der Waals surface area contributed by atoms with Gasteiger partial charge in [0.05, 0.1) is 10.2 Å². The highest BCUT2D eigenvalue weighted by atomic mass is 32.2. The zero-order valence-electron chi connectivity index (χ0n) is 11.1. The van der Waals surface area contributed by atoms with Crippen LogP contribution in [0.15, 0.2) is 23.1 Å². The Morgan fingerprint density at radius 3 is 2.06 bits per heavy atom. The monoisotopic (exact) mass is 292 g/mol. The second-order valence-corrected chi connectivity index (χ2v) is 9.28. The summed E-state index contributed by atoms with van der Waals surface area (Å²) in [5, 5.41) is -0.450. The molecule has 0 radical (unpaired) electrons. The average molecular weight is 292 g/mol. The van der Waals surface area contributed by atoms with E-state index in [1.807, 2.05) is 6.92 Å². The highest BCUT2D eigenvalue weighted by Crippen LogP contribution is 2.40. The fraction of sp³-hybridized carbons (Fsp3) is 0.667. The lowest BCUT2D eigenvalue weighted by atomic mass is 9.74. The third-order valence-electron chi connectivity index (χ3n) is 3.36. The van der Waals surface area contributed by atoms with E-state index in [0.29, 0.717) is 6.42 Å². The molecule has 0 N–H and O–H groups in total. The van der Waals surface area contributed by atoms with Gasteiger partial charge in [-0.05, 0) is 31.3 Å². The van der Waals surface area contributed by atoms with Crippen LogP contribution in [0.3, 0.4) is 0 Å². The maximum atomic E-state index is 11.6. The topological polar surface area (TPSA) is 68.3 Å². The van der Waals surface area contributed by atoms with Crippen LogP contribution >= 0.6 is 0 Å². The third-order valence-corrected chi connectivity index (χ3v) is 6.09. The largest absolute Gasteiger partial charge is 0.229 e. The van der Waals surface area contributed by atoms with Crippen molar-refractivity contribution in [1.82, 2.24) is 0 Å². The van der Waals surface area contributed by atoms with E-state index < -0.39 is 24.9 Å². The molecule has 18 heavy (non-hydrogen) atoms. The molecule has 0 aliphatic heterocycles. The van der Waals surface area contributed by atoms with Gasteiger partial charge in [-0.25, -0.2) is 16.8 Å². The quantitative estimate of drug-likeness (QED) is 0.737. The molecule has 104 valence electrons. The summed E-state index contributed by atoms with van der Waals surface area (Å²) in [5.74, 6) is -0.00680. The molecular formula is C12H20O4S2. The van der Waals surface area contributed by atoms with Crippen molar-refractivity contribution >= 4 is 19.7 Å². The van der Waals surface area contributed by atoms with E-state index in [4.69, 9.17) is 0 Å². The fourth-order valence-electron chi connectivity index (χ4n) is 2.24. The molecule has 1 aliphatic carbocycles. The summed E-state index contributed by atoms with van der Waals surface area (Å²) >= 11 is 0. The highest BCUT2D eigenvalue weighted by Gasteiger charge is 2.43. The van der Waals surface area contributed by atoms with E-state index in [-0.39, 0.29) is 16.7 Å². The van der Waals surface area contributed by atoms with Gasteiger partial charge in [0.25, 0.3) is 0 Å². The Morgan fingerprint density at radius 2 is 1.72 bits per heavy atom. The third kappa shape index (κ3) is 3.45. The summed E-state index contributed by atoms with van der Waals surface area (Å²) in [5.41, 5.74) is 0. The molecule has 1 rings (SSSR count). The van der Waals surface area contributed by atoms with Crippen LogP contribution in [-0.4, -0.2) is 34.6 Å². The van der Waals surface area contributed by atoms with E-state index in [1.54, 1.807) is 19.1 Å². The van der Waals surface area contributed by atoms with Crippen LogP contribution < -0.4 is 0 Å². The Labute approximate surface area is 110 Å². The zero-order chi connectivity index (χ0) is 14.1. The number of rotatable bonds is 4. The Hall–Kier alpha value is -0.620. The van der Waals surface area contributed by atoms with Crippen molar-refractivity contribution in [2.45, 2.75) is 25.5 Å². The predicted molar refractivity (Wildman–Crippen MR) is 73.6 cm³/mol. The number of hydrogen-bond donors (Lipinski definition) is 0. The van der Waals surface area contributed by atoms with E-state index in [0.717, 1.165) is 6.26 Å². The summed E-state index contributed by atoms with van der Waals surface area (Å²) in [6.45, 7) is 3.68. The van der Waals surface area contributed by atoms with Crippen molar-refractivity contribution < 1.29 is 16.8 Å². The molecule has 0 amide bonds. The van der Waals surface area contributed by atoms with Crippen LogP contribution in [0.1, 0.15) is 20.3 Å². The van der Waals surface area contributed by atoms with Crippen molar-refractivity contribution in [2.75, 3.05) is 12.5 Å². The minimum absolute atomic E-state index is 0.201. The molecule has 1 saturated carbocycles. The first-order chi connectivity index (χ1) is 8.07. The standard InChI is InChI=1S/C12H20O4S2/c1-5-6-10(17(3,13)14)8-11-9(2)7-12(11)18(4,15)16/h5-6,8-9,11-12H,7H2,1-4H3/b6-5-,10-8+. The lowest BCUT2D eigenvalue weighted by Gasteiger charge is -2.40. The van der Waals surface area contributed by atoms with E-state index in [9.17, 15) is 16.8 Å². The highest BCUT2D eigenvalue weighted by molar-refractivity contribution is 7.94. The number of allylic oxidation sites excluding steroid dienone is 3. The van der Waals surface area contributed by atoms with Crippen LogP contribution in [0.25, 0.3) is 0 Å². The van der Waals surface area contributed by atoms with Crippen molar-refractivity contribution in [3.63, 3.8) is 0 Å². The summed E-state index contributed by atoms with van der Waals surface area (Å²) in [6.07, 6.45) is 7.70. The van der Waals surface area contributed by atoms with E-state index in [1.165, 1.54) is 12.3 Å². The van der Waals surface area contributed by atoms with Crippen molar-refractivity contribution in [3.8, 4) is 0 Å². The molecule has 0 heterocycles. The van der Waals surface area contributed by atoms with Gasteiger partial charge in [0, 0.05) is 12.5 Å². The van der Waals surface area contributed by atoms with Crippen LogP contribution in [0.4, 0.5) is 0 Å². The summed E-state index contributed by atoms with van der Waals surface area (Å²) in [4.78, 5) is 0.204. The molecule has 0 aromatic heterocycles. The summed E-state index contributed by atoms with van der Waals surface area (Å²) in [7, 11) is -6.43. The van der Waals surface area contributed by atoms with Gasteiger partial charge in [0.1, 0.15) is 0 Å². The first-order valence-corrected chi connectivity index (χ1v) is 9.65. The Morgan fingerprint density at radius 1 is 1.17 bits per heavy atom. The minimum Gasteiger partial charge on any atom is -0.229 e. The van der Waals surface area contributed by atoms with Crippen LogP contribution in [0, 0.1) is 11.8 Å². The van der Waals surface area contributed by atoms with Crippen LogP contribution in [0.2, 0.25) is 0 Å². The van der Waals surface area contributed by atoms with Crippen molar-refractivity contribution in [1.29, 1.82) is 0 Å². The molecular weight excluding hydrogens is 272 g/mol.